The fourth-order valence-corrected chi connectivity index (χ4v) is 2.36. The zero-order valence-electron chi connectivity index (χ0n) is 9.51. The third kappa shape index (κ3) is 3.83. The summed E-state index contributed by atoms with van der Waals surface area (Å²) in [6.07, 6.45) is 1.30. The fourth-order valence-electron chi connectivity index (χ4n) is 1.30. The van der Waals surface area contributed by atoms with Gasteiger partial charge in [0.25, 0.3) is 0 Å². The number of thioether (sulfide) groups is 1. The van der Waals surface area contributed by atoms with Crippen molar-refractivity contribution < 1.29 is 9.90 Å². The van der Waals surface area contributed by atoms with E-state index >= 15 is 0 Å². The summed E-state index contributed by atoms with van der Waals surface area (Å²) >= 11 is 13.0. The number of hydrogen-bond donors (Lipinski definition) is 1. The third-order valence-corrected chi connectivity index (χ3v) is 3.71. The first-order chi connectivity index (χ1) is 9.06. The molecule has 4 nitrogen and oxygen atoms in total. The molecule has 0 aliphatic carbocycles. The van der Waals surface area contributed by atoms with Crippen LogP contribution in [0, 0.1) is 0 Å². The summed E-state index contributed by atoms with van der Waals surface area (Å²) in [7, 11) is 0. The van der Waals surface area contributed by atoms with E-state index in [9.17, 15) is 4.79 Å². The van der Waals surface area contributed by atoms with Crippen LogP contribution in [0.25, 0.3) is 0 Å². The van der Waals surface area contributed by atoms with E-state index < -0.39 is 5.97 Å². The first kappa shape index (κ1) is 14.1. The molecule has 2 aromatic rings. The molecule has 0 spiro atoms. The molecule has 0 atom stereocenters. The summed E-state index contributed by atoms with van der Waals surface area (Å²) in [6, 6.07) is 7.33. The molecule has 1 aromatic heterocycles. The van der Waals surface area contributed by atoms with Crippen molar-refractivity contribution in [1.29, 1.82) is 0 Å². The van der Waals surface area contributed by atoms with Gasteiger partial charge in [-0.05, 0) is 24.3 Å². The Balaban J connectivity index is 2.09. The van der Waals surface area contributed by atoms with Crippen LogP contribution < -0.4 is 0 Å². The molecule has 98 valence electrons. The van der Waals surface area contributed by atoms with Crippen LogP contribution in [0.1, 0.15) is 16.3 Å². The van der Waals surface area contributed by atoms with Crippen molar-refractivity contribution in [1.82, 2.24) is 9.97 Å². The van der Waals surface area contributed by atoms with E-state index in [0.717, 1.165) is 4.90 Å². The third-order valence-electron chi connectivity index (χ3n) is 2.18. The summed E-state index contributed by atoms with van der Waals surface area (Å²) in [6.45, 7) is 0. The van der Waals surface area contributed by atoms with Gasteiger partial charge in [0.15, 0.2) is 5.69 Å². The molecule has 1 N–H and O–H groups in total. The number of carboxylic acid groups (broad SMARTS) is 1. The maximum Gasteiger partial charge on any atom is 0.356 e. The highest BCUT2D eigenvalue weighted by Gasteiger charge is 2.12. The molecule has 0 saturated heterocycles. The number of nitrogens with zero attached hydrogens (tertiary/aromatic N) is 2. The Morgan fingerprint density at radius 1 is 1.26 bits per heavy atom. The van der Waals surface area contributed by atoms with Gasteiger partial charge in [0.2, 0.25) is 0 Å². The Morgan fingerprint density at radius 3 is 2.58 bits per heavy atom. The number of carbonyl (C=O) groups is 1. The molecule has 2 rings (SSSR count). The van der Waals surface area contributed by atoms with Gasteiger partial charge in [-0.25, -0.2) is 14.8 Å². The zero-order valence-corrected chi connectivity index (χ0v) is 11.8. The van der Waals surface area contributed by atoms with Crippen molar-refractivity contribution in [3.05, 3.63) is 52.0 Å². The smallest absolute Gasteiger partial charge is 0.356 e. The number of rotatable bonds is 4. The second kappa shape index (κ2) is 6.23. The summed E-state index contributed by atoms with van der Waals surface area (Å²) < 4.78 is 0. The number of aromatic nitrogens is 2. The first-order valence-corrected chi connectivity index (χ1v) is 6.93. The number of halogens is 2. The number of hydrogen-bond acceptors (Lipinski definition) is 4. The van der Waals surface area contributed by atoms with Gasteiger partial charge in [0, 0.05) is 9.92 Å². The van der Waals surface area contributed by atoms with Crippen LogP contribution in [-0.4, -0.2) is 21.0 Å². The molecule has 0 unspecified atom stereocenters. The van der Waals surface area contributed by atoms with Gasteiger partial charge >= 0.3 is 5.97 Å². The Labute approximate surface area is 123 Å². The molecule has 0 bridgehead atoms. The molecular weight excluding hydrogens is 307 g/mol. The predicted molar refractivity (Wildman–Crippen MR) is 75.0 cm³/mol. The Bertz CT molecular complexity index is 605. The van der Waals surface area contributed by atoms with Gasteiger partial charge < -0.3 is 5.11 Å². The summed E-state index contributed by atoms with van der Waals surface area (Å²) in [5.41, 5.74) is -0.177. The molecule has 0 radical (unpaired) electrons. The van der Waals surface area contributed by atoms with Crippen LogP contribution in [0.5, 0.6) is 0 Å². The van der Waals surface area contributed by atoms with Crippen LogP contribution in [-0.2, 0) is 5.75 Å². The minimum absolute atomic E-state index is 0.0349. The predicted octanol–water partition coefficient (Wildman–Crippen LogP) is 3.77. The maximum absolute atomic E-state index is 10.9. The maximum atomic E-state index is 10.9. The largest absolute Gasteiger partial charge is 0.476 e. The molecule has 0 amide bonds. The molecule has 0 fully saturated rings. The molecule has 19 heavy (non-hydrogen) atoms. The van der Waals surface area contributed by atoms with Crippen molar-refractivity contribution in [3.8, 4) is 0 Å². The summed E-state index contributed by atoms with van der Waals surface area (Å²) in [4.78, 5) is 19.8. The molecule has 7 heteroatoms. The van der Waals surface area contributed by atoms with Gasteiger partial charge in [-0.2, -0.15) is 0 Å². The summed E-state index contributed by atoms with van der Waals surface area (Å²) in [5.74, 6) is -0.286. The van der Waals surface area contributed by atoms with Crippen LogP contribution in [0.15, 0.2) is 35.4 Å². The minimum atomic E-state index is -1.16. The lowest BCUT2D eigenvalue weighted by atomic mass is 10.4. The highest BCUT2D eigenvalue weighted by Crippen LogP contribution is 2.23. The fraction of sp³-hybridized carbons (Fsp3) is 0.0833. The van der Waals surface area contributed by atoms with E-state index in [-0.39, 0.29) is 10.7 Å². The average Bonchev–Trinajstić information content (AvgIpc) is 2.39. The molecular formula is C12H8Cl2N2O2S. The van der Waals surface area contributed by atoms with E-state index in [1.807, 2.05) is 12.1 Å². The van der Waals surface area contributed by atoms with Crippen LogP contribution in [0.2, 0.25) is 10.0 Å². The van der Waals surface area contributed by atoms with Gasteiger partial charge in [0.1, 0.15) is 5.82 Å². The molecule has 1 aromatic carbocycles. The highest BCUT2D eigenvalue weighted by molar-refractivity contribution is 7.98. The minimum Gasteiger partial charge on any atom is -0.476 e. The molecule has 0 aliphatic rings. The monoisotopic (exact) mass is 314 g/mol. The summed E-state index contributed by atoms with van der Waals surface area (Å²) in [5, 5.41) is 9.61. The second-order valence-electron chi connectivity index (χ2n) is 3.53. The zero-order chi connectivity index (χ0) is 13.8. The number of benzene rings is 1. The molecule has 1 heterocycles. The molecule has 0 saturated carbocycles. The second-order valence-corrected chi connectivity index (χ2v) is 5.42. The van der Waals surface area contributed by atoms with Gasteiger partial charge in [-0.3, -0.25) is 0 Å². The van der Waals surface area contributed by atoms with Crippen molar-refractivity contribution in [3.63, 3.8) is 0 Å². The van der Waals surface area contributed by atoms with E-state index in [1.165, 1.54) is 18.0 Å². The van der Waals surface area contributed by atoms with Crippen LogP contribution >= 0.6 is 35.0 Å². The highest BCUT2D eigenvalue weighted by atomic mass is 35.5. The van der Waals surface area contributed by atoms with E-state index in [4.69, 9.17) is 28.3 Å². The van der Waals surface area contributed by atoms with Crippen molar-refractivity contribution in [2.24, 2.45) is 0 Å². The van der Waals surface area contributed by atoms with Gasteiger partial charge in [-0.1, -0.05) is 23.2 Å². The average molecular weight is 315 g/mol. The number of aromatic carboxylic acids is 1. The lowest BCUT2D eigenvalue weighted by Crippen LogP contribution is -2.05. The Kier molecular flexibility index (Phi) is 4.63. The van der Waals surface area contributed by atoms with Gasteiger partial charge in [-0.15, -0.1) is 11.8 Å². The van der Waals surface area contributed by atoms with Crippen LogP contribution in [0.4, 0.5) is 0 Å². The Morgan fingerprint density at radius 2 is 1.95 bits per heavy atom. The van der Waals surface area contributed by atoms with E-state index in [0.29, 0.717) is 16.6 Å². The van der Waals surface area contributed by atoms with Crippen molar-refractivity contribution >= 4 is 40.9 Å². The van der Waals surface area contributed by atoms with Crippen molar-refractivity contribution in [2.75, 3.05) is 0 Å². The Hall–Kier alpha value is -1.30. The first-order valence-electron chi connectivity index (χ1n) is 5.19. The molecule has 0 aliphatic heterocycles. The van der Waals surface area contributed by atoms with Gasteiger partial charge in [0.05, 0.1) is 17.0 Å². The van der Waals surface area contributed by atoms with Crippen LogP contribution in [0.3, 0.4) is 0 Å². The SMILES string of the molecule is O=C(O)c1nc(CSc2ccc(Cl)cc2)ncc1Cl. The van der Waals surface area contributed by atoms with E-state index in [1.54, 1.807) is 12.1 Å². The lowest BCUT2D eigenvalue weighted by molar-refractivity contribution is 0.0690. The number of carboxylic acids is 1. The lowest BCUT2D eigenvalue weighted by Gasteiger charge is -2.03. The normalized spacial score (nSPS) is 10.4. The topological polar surface area (TPSA) is 63.1 Å². The quantitative estimate of drug-likeness (QED) is 0.870. The van der Waals surface area contributed by atoms with E-state index in [2.05, 4.69) is 9.97 Å². The van der Waals surface area contributed by atoms with Crippen molar-refractivity contribution in [2.45, 2.75) is 10.6 Å². The standard InChI is InChI=1S/C12H8Cl2N2O2S/c13-7-1-3-8(4-2-7)19-6-10-15-5-9(14)11(16-10)12(17)18/h1-5H,6H2,(H,17,18).